The number of H-pyrrole nitrogens is 1. The zero-order valence-electron chi connectivity index (χ0n) is 19.9. The van der Waals surface area contributed by atoms with E-state index in [0.717, 1.165) is 63.1 Å². The smallest absolute Gasteiger partial charge is 0.306 e. The van der Waals surface area contributed by atoms with E-state index in [2.05, 4.69) is 75.4 Å². The Morgan fingerprint density at radius 3 is 2.17 bits per heavy atom. The molecule has 0 amide bonds. The van der Waals surface area contributed by atoms with Crippen LogP contribution < -0.4 is 5.69 Å². The predicted octanol–water partition coefficient (Wildman–Crippen LogP) is 4.99. The van der Waals surface area contributed by atoms with Gasteiger partial charge in [-0.2, -0.15) is 0 Å². The lowest BCUT2D eigenvalue weighted by Gasteiger charge is -2.42. The van der Waals surface area contributed by atoms with Crippen molar-refractivity contribution in [2.75, 3.05) is 26.2 Å². The third kappa shape index (κ3) is 6.77. The molecular weight excluding hydrogens is 479 g/mol. The van der Waals surface area contributed by atoms with Crippen LogP contribution in [0.5, 0.6) is 0 Å². The highest BCUT2D eigenvalue weighted by atomic mass is 35.5. The molecule has 1 unspecified atom stereocenters. The van der Waals surface area contributed by atoms with Gasteiger partial charge in [0, 0.05) is 45.3 Å². The molecule has 4 aromatic rings. The number of para-hydroxylation sites is 2. The van der Waals surface area contributed by atoms with Crippen LogP contribution in [0.25, 0.3) is 11.0 Å². The number of hydrogen-bond donors (Lipinski definition) is 1. The minimum absolute atomic E-state index is 0. The number of nitrogens with one attached hydrogen (secondary N) is 1. The quantitative estimate of drug-likeness (QED) is 0.361. The van der Waals surface area contributed by atoms with Crippen LogP contribution >= 0.6 is 24.8 Å². The Labute approximate surface area is 219 Å². The molecule has 0 aliphatic carbocycles. The Balaban J connectivity index is 0.00000171. The van der Waals surface area contributed by atoms with Crippen molar-refractivity contribution >= 4 is 35.8 Å². The number of rotatable bonds is 8. The van der Waals surface area contributed by atoms with Gasteiger partial charge in [0.25, 0.3) is 0 Å². The summed E-state index contributed by atoms with van der Waals surface area (Å²) in [5.74, 6) is 0. The van der Waals surface area contributed by atoms with Crippen molar-refractivity contribution in [3.8, 4) is 0 Å². The average molecular weight is 514 g/mol. The van der Waals surface area contributed by atoms with Crippen LogP contribution in [0.3, 0.4) is 0 Å². The minimum Gasteiger partial charge on any atom is -0.306 e. The summed E-state index contributed by atoms with van der Waals surface area (Å²) in [7, 11) is 0. The molecule has 1 fully saturated rings. The van der Waals surface area contributed by atoms with Gasteiger partial charge in [-0.1, -0.05) is 72.8 Å². The fraction of sp³-hybridized carbons (Fsp3) is 0.321. The van der Waals surface area contributed by atoms with Gasteiger partial charge in [-0.15, -0.1) is 24.8 Å². The van der Waals surface area contributed by atoms with Gasteiger partial charge in [-0.25, -0.2) is 4.79 Å². The molecule has 1 aliphatic heterocycles. The van der Waals surface area contributed by atoms with E-state index in [4.69, 9.17) is 0 Å². The lowest BCUT2D eigenvalue weighted by atomic mass is 10.0. The zero-order valence-corrected chi connectivity index (χ0v) is 21.5. The first-order valence-corrected chi connectivity index (χ1v) is 12.0. The first-order valence-electron chi connectivity index (χ1n) is 12.0. The van der Waals surface area contributed by atoms with E-state index < -0.39 is 0 Å². The molecule has 1 N–H and O–H groups in total. The number of benzene rings is 3. The lowest BCUT2D eigenvalue weighted by Crippen LogP contribution is -2.53. The molecule has 1 aliphatic rings. The highest BCUT2D eigenvalue weighted by molar-refractivity contribution is 5.85. The Morgan fingerprint density at radius 2 is 1.43 bits per heavy atom. The molecule has 3 aromatic carbocycles. The second-order valence-corrected chi connectivity index (χ2v) is 9.05. The number of aromatic nitrogens is 2. The Morgan fingerprint density at radius 1 is 0.771 bits per heavy atom. The minimum atomic E-state index is -0.00952. The number of hydrogen-bond acceptors (Lipinski definition) is 3. The lowest BCUT2D eigenvalue weighted by molar-refractivity contribution is 0.0681. The van der Waals surface area contributed by atoms with E-state index in [9.17, 15) is 4.79 Å². The van der Waals surface area contributed by atoms with E-state index in [0.29, 0.717) is 6.04 Å². The van der Waals surface area contributed by atoms with Crippen molar-refractivity contribution in [3.05, 3.63) is 107 Å². The van der Waals surface area contributed by atoms with Crippen molar-refractivity contribution in [3.63, 3.8) is 0 Å². The van der Waals surface area contributed by atoms with Crippen LogP contribution in [0.1, 0.15) is 17.5 Å². The molecule has 0 saturated carbocycles. The van der Waals surface area contributed by atoms with Gasteiger partial charge in [0.05, 0.1) is 11.0 Å². The van der Waals surface area contributed by atoms with E-state index in [1.165, 1.54) is 11.1 Å². The van der Waals surface area contributed by atoms with E-state index in [-0.39, 0.29) is 30.5 Å². The standard InChI is InChI=1S/C28H32N4O.2ClH/c33-28-29-26-14-7-8-15-27(26)32(28)17-9-16-31-19-18-30(21-24-12-5-2-6-13-24)22-25(31)20-23-10-3-1-4-11-23;;/h1-8,10-15,25H,9,16-22H2,(H,29,33);2*1H. The topological polar surface area (TPSA) is 44.3 Å². The molecule has 1 atom stereocenters. The molecule has 0 radical (unpaired) electrons. The monoisotopic (exact) mass is 512 g/mol. The normalized spacial score (nSPS) is 16.5. The highest BCUT2D eigenvalue weighted by Gasteiger charge is 2.27. The molecule has 2 heterocycles. The van der Waals surface area contributed by atoms with Crippen molar-refractivity contribution in [2.45, 2.75) is 32.0 Å². The molecule has 35 heavy (non-hydrogen) atoms. The number of nitrogens with zero attached hydrogens (tertiary/aromatic N) is 3. The summed E-state index contributed by atoms with van der Waals surface area (Å²) in [5, 5.41) is 0. The summed E-state index contributed by atoms with van der Waals surface area (Å²) in [6, 6.07) is 30.0. The fourth-order valence-corrected chi connectivity index (χ4v) is 5.08. The third-order valence-electron chi connectivity index (χ3n) is 6.76. The van der Waals surface area contributed by atoms with Gasteiger partial charge in [0.15, 0.2) is 0 Å². The summed E-state index contributed by atoms with van der Waals surface area (Å²) < 4.78 is 1.88. The van der Waals surface area contributed by atoms with Crippen LogP contribution in [-0.4, -0.2) is 51.6 Å². The van der Waals surface area contributed by atoms with Crippen LogP contribution in [-0.2, 0) is 19.5 Å². The molecule has 1 saturated heterocycles. The van der Waals surface area contributed by atoms with E-state index in [1.54, 1.807) is 0 Å². The molecule has 1 aromatic heterocycles. The molecule has 5 rings (SSSR count). The second kappa shape index (κ2) is 12.9. The third-order valence-corrected chi connectivity index (χ3v) is 6.76. The first-order chi connectivity index (χ1) is 16.3. The maximum atomic E-state index is 12.4. The number of aryl methyl sites for hydroxylation is 1. The molecular formula is C28H34Cl2N4O. The van der Waals surface area contributed by atoms with Crippen molar-refractivity contribution < 1.29 is 0 Å². The largest absolute Gasteiger partial charge is 0.326 e. The number of aromatic amines is 1. The molecule has 0 spiro atoms. The number of imidazole rings is 1. The summed E-state index contributed by atoms with van der Waals surface area (Å²) in [6.07, 6.45) is 2.02. The summed E-state index contributed by atoms with van der Waals surface area (Å²) >= 11 is 0. The van der Waals surface area contributed by atoms with Gasteiger partial charge >= 0.3 is 5.69 Å². The second-order valence-electron chi connectivity index (χ2n) is 9.05. The fourth-order valence-electron chi connectivity index (χ4n) is 5.08. The molecule has 186 valence electrons. The van der Waals surface area contributed by atoms with Gasteiger partial charge in [-0.05, 0) is 36.1 Å². The maximum absolute atomic E-state index is 12.4. The average Bonchev–Trinajstić information content (AvgIpc) is 3.17. The van der Waals surface area contributed by atoms with Crippen molar-refractivity contribution in [2.24, 2.45) is 0 Å². The first kappa shape index (κ1) is 27.0. The van der Waals surface area contributed by atoms with Crippen molar-refractivity contribution in [1.82, 2.24) is 19.4 Å². The van der Waals surface area contributed by atoms with Gasteiger partial charge in [0.1, 0.15) is 0 Å². The number of piperazine rings is 1. The Hall–Kier alpha value is -2.57. The molecule has 0 bridgehead atoms. The van der Waals surface area contributed by atoms with E-state index in [1.807, 2.05) is 28.8 Å². The van der Waals surface area contributed by atoms with Gasteiger partial charge in [0.2, 0.25) is 0 Å². The summed E-state index contributed by atoms with van der Waals surface area (Å²) in [6.45, 7) is 5.95. The summed E-state index contributed by atoms with van der Waals surface area (Å²) in [5.41, 5.74) is 4.67. The van der Waals surface area contributed by atoms with Crippen LogP contribution in [0.2, 0.25) is 0 Å². The SMILES string of the molecule is Cl.Cl.O=c1[nH]c2ccccc2n1CCCN1CCN(Cc2ccccc2)CC1Cc1ccccc1. The van der Waals surface area contributed by atoms with Gasteiger partial charge in [-0.3, -0.25) is 14.4 Å². The zero-order chi connectivity index (χ0) is 22.5. The van der Waals surface area contributed by atoms with E-state index >= 15 is 0 Å². The predicted molar refractivity (Wildman–Crippen MR) is 149 cm³/mol. The molecule has 5 nitrogen and oxygen atoms in total. The van der Waals surface area contributed by atoms with Crippen LogP contribution in [0, 0.1) is 0 Å². The van der Waals surface area contributed by atoms with Crippen molar-refractivity contribution in [1.29, 1.82) is 0 Å². The van der Waals surface area contributed by atoms with Crippen LogP contribution in [0.15, 0.2) is 89.7 Å². The number of halogens is 2. The Bertz CT molecular complexity index is 1230. The number of fused-ring (bicyclic) bond motifs is 1. The van der Waals surface area contributed by atoms with Crippen LogP contribution in [0.4, 0.5) is 0 Å². The summed E-state index contributed by atoms with van der Waals surface area (Å²) in [4.78, 5) is 20.6. The Kier molecular flexibility index (Phi) is 9.99. The maximum Gasteiger partial charge on any atom is 0.326 e. The van der Waals surface area contributed by atoms with Gasteiger partial charge < -0.3 is 4.98 Å². The molecule has 7 heteroatoms. The highest BCUT2D eigenvalue weighted by Crippen LogP contribution is 2.18.